The number of carbonyl (C=O) groups is 4. The second kappa shape index (κ2) is 7.65. The number of esters is 1. The summed E-state index contributed by atoms with van der Waals surface area (Å²) in [6.45, 7) is 5.11. The van der Waals surface area contributed by atoms with Crippen LogP contribution in [0.1, 0.15) is 72.1 Å². The molecule has 0 aromatic carbocycles. The SMILES string of the molecule is CC(C)CC[C@@]1(C)NC(=O)N(CC(=O)OCC(=O)C23CC4CC(CC(C4)C2)C3)C1=O. The molecule has 1 atom stereocenters. The molecule has 5 rings (SSSR count). The van der Waals surface area contributed by atoms with Gasteiger partial charge < -0.3 is 10.1 Å². The number of ether oxygens (including phenoxy) is 1. The first kappa shape index (κ1) is 21.3. The molecule has 4 saturated carbocycles. The average molecular weight is 419 g/mol. The van der Waals surface area contributed by atoms with Crippen LogP contribution in [0.4, 0.5) is 4.79 Å². The number of urea groups is 1. The van der Waals surface area contributed by atoms with Gasteiger partial charge in [0.1, 0.15) is 12.1 Å². The zero-order valence-electron chi connectivity index (χ0n) is 18.4. The van der Waals surface area contributed by atoms with Gasteiger partial charge in [0, 0.05) is 5.41 Å². The van der Waals surface area contributed by atoms with Crippen molar-refractivity contribution in [3.8, 4) is 0 Å². The summed E-state index contributed by atoms with van der Waals surface area (Å²) in [5, 5.41) is 2.71. The molecule has 0 spiro atoms. The summed E-state index contributed by atoms with van der Waals surface area (Å²) in [5.74, 6) is 1.25. The van der Waals surface area contributed by atoms with E-state index in [4.69, 9.17) is 4.74 Å². The lowest BCUT2D eigenvalue weighted by Crippen LogP contribution is -2.51. The van der Waals surface area contributed by atoms with Crippen molar-refractivity contribution in [1.29, 1.82) is 0 Å². The van der Waals surface area contributed by atoms with Gasteiger partial charge >= 0.3 is 12.0 Å². The number of ketones is 1. The molecule has 5 aliphatic rings. The maximum absolute atomic E-state index is 13.0. The molecule has 4 aliphatic carbocycles. The van der Waals surface area contributed by atoms with E-state index in [0.29, 0.717) is 30.1 Å². The van der Waals surface area contributed by atoms with E-state index in [1.165, 1.54) is 19.3 Å². The lowest BCUT2D eigenvalue weighted by atomic mass is 9.48. The summed E-state index contributed by atoms with van der Waals surface area (Å²) >= 11 is 0. The lowest BCUT2D eigenvalue weighted by Gasteiger charge is -2.55. The Morgan fingerprint density at radius 1 is 1.10 bits per heavy atom. The summed E-state index contributed by atoms with van der Waals surface area (Å²) in [7, 11) is 0. The van der Waals surface area contributed by atoms with E-state index in [-0.39, 0.29) is 17.8 Å². The Bertz CT molecular complexity index is 725. The van der Waals surface area contributed by atoms with Gasteiger partial charge in [-0.15, -0.1) is 0 Å². The summed E-state index contributed by atoms with van der Waals surface area (Å²) in [4.78, 5) is 51.2. The molecule has 30 heavy (non-hydrogen) atoms. The van der Waals surface area contributed by atoms with E-state index in [2.05, 4.69) is 19.2 Å². The van der Waals surface area contributed by atoms with Crippen LogP contribution in [-0.4, -0.2) is 47.3 Å². The van der Waals surface area contributed by atoms with Crippen LogP contribution in [0, 0.1) is 29.1 Å². The van der Waals surface area contributed by atoms with Crippen molar-refractivity contribution in [3.63, 3.8) is 0 Å². The summed E-state index contributed by atoms with van der Waals surface area (Å²) in [6.07, 6.45) is 7.83. The van der Waals surface area contributed by atoms with Crippen molar-refractivity contribution in [3.05, 3.63) is 0 Å². The zero-order chi connectivity index (χ0) is 21.7. The Morgan fingerprint density at radius 2 is 1.67 bits per heavy atom. The number of rotatable bonds is 8. The van der Waals surface area contributed by atoms with Gasteiger partial charge in [-0.1, -0.05) is 13.8 Å². The second-order valence-electron chi connectivity index (χ2n) is 10.9. The predicted molar refractivity (Wildman–Crippen MR) is 109 cm³/mol. The molecule has 5 fully saturated rings. The third kappa shape index (κ3) is 3.87. The van der Waals surface area contributed by atoms with Gasteiger partial charge in [0.25, 0.3) is 5.91 Å². The largest absolute Gasteiger partial charge is 0.456 e. The van der Waals surface area contributed by atoms with Gasteiger partial charge in [0.2, 0.25) is 0 Å². The number of Topliss-reactive ketones (excluding diaryl/α,β-unsaturated/α-hetero) is 1. The van der Waals surface area contributed by atoms with E-state index in [0.717, 1.165) is 30.6 Å². The number of amides is 3. The summed E-state index contributed by atoms with van der Waals surface area (Å²) < 4.78 is 5.26. The van der Waals surface area contributed by atoms with Crippen LogP contribution >= 0.6 is 0 Å². The van der Waals surface area contributed by atoms with Gasteiger partial charge in [0.15, 0.2) is 12.4 Å². The number of nitrogens with one attached hydrogen (secondary N) is 1. The van der Waals surface area contributed by atoms with Gasteiger partial charge in [-0.2, -0.15) is 0 Å². The highest BCUT2D eigenvalue weighted by atomic mass is 16.5. The molecular weight excluding hydrogens is 384 g/mol. The second-order valence-corrected chi connectivity index (χ2v) is 10.9. The standard InChI is InChI=1S/C23H34N2O5/c1-14(2)4-5-22(3)20(28)25(21(29)24-22)12-19(27)30-13-18(26)23-9-15-6-16(10-23)8-17(7-15)11-23/h14-17H,4-13H2,1-3H3,(H,24,29)/t15?,16?,17?,22-,23?/m1/s1. The van der Waals surface area contributed by atoms with Crippen LogP contribution < -0.4 is 5.32 Å². The minimum absolute atomic E-state index is 0.0221. The Hall–Kier alpha value is -1.92. The van der Waals surface area contributed by atoms with Crippen LogP contribution in [0.3, 0.4) is 0 Å². The van der Waals surface area contributed by atoms with Crippen molar-refractivity contribution in [2.45, 2.75) is 77.7 Å². The fraction of sp³-hybridized carbons (Fsp3) is 0.826. The highest BCUT2D eigenvalue weighted by molar-refractivity contribution is 6.08. The first-order valence-electron chi connectivity index (χ1n) is 11.4. The van der Waals surface area contributed by atoms with Crippen molar-refractivity contribution < 1.29 is 23.9 Å². The first-order valence-corrected chi connectivity index (χ1v) is 11.4. The number of nitrogens with zero attached hydrogens (tertiary/aromatic N) is 1. The van der Waals surface area contributed by atoms with Gasteiger partial charge in [-0.25, -0.2) is 4.79 Å². The monoisotopic (exact) mass is 418 g/mol. The van der Waals surface area contributed by atoms with Crippen LogP contribution in [-0.2, 0) is 19.1 Å². The molecule has 0 radical (unpaired) electrons. The third-order valence-corrected chi connectivity index (χ3v) is 7.85. The fourth-order valence-electron chi connectivity index (χ4n) is 6.56. The van der Waals surface area contributed by atoms with Crippen LogP contribution in [0.15, 0.2) is 0 Å². The summed E-state index contributed by atoms with van der Waals surface area (Å²) in [5.41, 5.74) is -1.30. The molecule has 0 unspecified atom stereocenters. The molecule has 7 heteroatoms. The van der Waals surface area contributed by atoms with E-state index in [1.807, 2.05) is 0 Å². The Balaban J connectivity index is 1.30. The summed E-state index contributed by atoms with van der Waals surface area (Å²) in [6, 6.07) is -0.574. The molecule has 0 aromatic heterocycles. The third-order valence-electron chi connectivity index (χ3n) is 7.85. The number of imide groups is 1. The van der Waals surface area contributed by atoms with Crippen LogP contribution in [0.2, 0.25) is 0 Å². The van der Waals surface area contributed by atoms with E-state index in [9.17, 15) is 19.2 Å². The molecule has 7 nitrogen and oxygen atoms in total. The maximum atomic E-state index is 13.0. The molecule has 1 N–H and O–H groups in total. The van der Waals surface area contributed by atoms with E-state index in [1.54, 1.807) is 6.92 Å². The molecule has 4 bridgehead atoms. The normalized spacial score (nSPS) is 37.1. The topological polar surface area (TPSA) is 92.8 Å². The number of hydrogen-bond acceptors (Lipinski definition) is 5. The molecule has 1 saturated heterocycles. The van der Waals surface area contributed by atoms with Crippen LogP contribution in [0.5, 0.6) is 0 Å². The molecule has 1 aliphatic heterocycles. The maximum Gasteiger partial charge on any atom is 0.326 e. The van der Waals surface area contributed by atoms with Crippen molar-refractivity contribution in [2.75, 3.05) is 13.2 Å². The van der Waals surface area contributed by atoms with Crippen molar-refractivity contribution in [1.82, 2.24) is 10.2 Å². The quantitative estimate of drug-likeness (QED) is 0.483. The number of carbonyl (C=O) groups excluding carboxylic acids is 4. The Morgan fingerprint density at radius 3 is 2.20 bits per heavy atom. The fourth-order valence-corrected chi connectivity index (χ4v) is 6.56. The molecule has 166 valence electrons. The van der Waals surface area contributed by atoms with E-state index >= 15 is 0 Å². The zero-order valence-corrected chi connectivity index (χ0v) is 18.4. The Kier molecular flexibility index (Phi) is 5.43. The highest BCUT2D eigenvalue weighted by Gasteiger charge is 2.54. The smallest absolute Gasteiger partial charge is 0.326 e. The van der Waals surface area contributed by atoms with Gasteiger partial charge in [-0.3, -0.25) is 19.3 Å². The van der Waals surface area contributed by atoms with Crippen molar-refractivity contribution in [2.24, 2.45) is 29.1 Å². The molecule has 0 aromatic rings. The highest BCUT2D eigenvalue weighted by Crippen LogP contribution is 2.60. The predicted octanol–water partition coefficient (Wildman–Crippen LogP) is 3.06. The van der Waals surface area contributed by atoms with Crippen LogP contribution in [0.25, 0.3) is 0 Å². The minimum Gasteiger partial charge on any atom is -0.456 e. The Labute approximate surface area is 178 Å². The van der Waals surface area contributed by atoms with Gasteiger partial charge in [0.05, 0.1) is 0 Å². The van der Waals surface area contributed by atoms with Crippen molar-refractivity contribution >= 4 is 23.7 Å². The minimum atomic E-state index is -0.989. The molecule has 3 amide bonds. The average Bonchev–Trinajstić information content (AvgIpc) is 2.87. The number of hydrogen-bond donors (Lipinski definition) is 1. The first-order chi connectivity index (χ1) is 14.1. The lowest BCUT2D eigenvalue weighted by molar-refractivity contribution is -0.158. The van der Waals surface area contributed by atoms with E-state index < -0.39 is 30.0 Å². The molecule has 1 heterocycles. The molecular formula is C23H34N2O5. The van der Waals surface area contributed by atoms with Gasteiger partial charge in [-0.05, 0) is 82.0 Å².